The maximum Gasteiger partial charge on any atom is 0.416 e. The molecular formula is C11H14F3N3S. The highest BCUT2D eigenvalue weighted by atomic mass is 32.2. The Morgan fingerprint density at radius 3 is 2.50 bits per heavy atom. The highest BCUT2D eigenvalue weighted by molar-refractivity contribution is 7.99. The minimum Gasteiger partial charge on any atom is -0.308 e. The summed E-state index contributed by atoms with van der Waals surface area (Å²) in [7, 11) is 0. The Hall–Kier alpha value is -0.950. The van der Waals surface area contributed by atoms with Crippen molar-refractivity contribution < 1.29 is 13.2 Å². The van der Waals surface area contributed by atoms with Crippen LogP contribution in [0.5, 0.6) is 0 Å². The molecule has 1 fully saturated rings. The number of thioether (sulfide) groups is 1. The van der Waals surface area contributed by atoms with Crippen LogP contribution < -0.4 is 11.3 Å². The predicted octanol–water partition coefficient (Wildman–Crippen LogP) is 3.42. The van der Waals surface area contributed by atoms with Crippen LogP contribution >= 0.6 is 11.8 Å². The average molecular weight is 277 g/mol. The number of nitrogens with zero attached hydrogens (tertiary/aromatic N) is 1. The average Bonchev–Trinajstić information content (AvgIpc) is 2.80. The van der Waals surface area contributed by atoms with Gasteiger partial charge in [0.2, 0.25) is 0 Å². The van der Waals surface area contributed by atoms with Crippen LogP contribution in [0.25, 0.3) is 0 Å². The van der Waals surface area contributed by atoms with Gasteiger partial charge in [-0.1, -0.05) is 12.8 Å². The van der Waals surface area contributed by atoms with Crippen LogP contribution in [0.4, 0.5) is 19.0 Å². The molecule has 0 aromatic carbocycles. The van der Waals surface area contributed by atoms with Crippen molar-refractivity contribution in [3.63, 3.8) is 0 Å². The van der Waals surface area contributed by atoms with Crippen molar-refractivity contribution in [2.75, 3.05) is 5.43 Å². The molecule has 1 aromatic heterocycles. The van der Waals surface area contributed by atoms with Crippen LogP contribution in [0.15, 0.2) is 17.2 Å². The van der Waals surface area contributed by atoms with Gasteiger partial charge in [0.1, 0.15) is 5.82 Å². The molecule has 0 saturated heterocycles. The number of nitrogens with two attached hydrogens (primary N) is 1. The summed E-state index contributed by atoms with van der Waals surface area (Å²) < 4.78 is 38.1. The van der Waals surface area contributed by atoms with Crippen molar-refractivity contribution in [3.05, 3.63) is 17.7 Å². The molecule has 0 atom stereocenters. The number of rotatable bonds is 3. The van der Waals surface area contributed by atoms with Gasteiger partial charge in [0, 0.05) is 5.25 Å². The summed E-state index contributed by atoms with van der Waals surface area (Å²) in [5.74, 6) is 5.20. The number of hydrogen-bond donors (Lipinski definition) is 2. The first-order valence-corrected chi connectivity index (χ1v) is 6.59. The van der Waals surface area contributed by atoms with E-state index in [9.17, 15) is 13.2 Å². The maximum atomic E-state index is 12.7. The highest BCUT2D eigenvalue weighted by Gasteiger charge is 2.32. The van der Waals surface area contributed by atoms with Crippen molar-refractivity contribution in [1.29, 1.82) is 0 Å². The van der Waals surface area contributed by atoms with E-state index in [4.69, 9.17) is 5.84 Å². The zero-order chi connectivity index (χ0) is 13.2. The number of alkyl halides is 3. The molecule has 7 heteroatoms. The van der Waals surface area contributed by atoms with Crippen LogP contribution in [0.2, 0.25) is 0 Å². The number of anilines is 1. The number of halogens is 3. The van der Waals surface area contributed by atoms with Gasteiger partial charge in [-0.05, 0) is 25.0 Å². The molecule has 1 aliphatic rings. The maximum absolute atomic E-state index is 12.7. The Morgan fingerprint density at radius 1 is 1.28 bits per heavy atom. The summed E-state index contributed by atoms with van der Waals surface area (Å²) in [5.41, 5.74) is 1.46. The lowest BCUT2D eigenvalue weighted by Crippen LogP contribution is -2.12. The first-order chi connectivity index (χ1) is 8.49. The molecule has 0 amide bonds. The van der Waals surface area contributed by atoms with Gasteiger partial charge in [-0.25, -0.2) is 10.8 Å². The number of nitrogen functional groups attached to an aromatic ring is 1. The monoisotopic (exact) mass is 277 g/mol. The van der Waals surface area contributed by atoms with E-state index in [1.54, 1.807) is 0 Å². The molecule has 100 valence electrons. The van der Waals surface area contributed by atoms with E-state index in [0.717, 1.165) is 37.8 Å². The molecule has 0 radical (unpaired) electrons. The predicted molar refractivity (Wildman–Crippen MR) is 65.2 cm³/mol. The summed E-state index contributed by atoms with van der Waals surface area (Å²) in [6.07, 6.45) is -0.0290. The number of hydrogen-bond acceptors (Lipinski definition) is 4. The molecule has 1 heterocycles. The van der Waals surface area contributed by atoms with Crippen LogP contribution in [0.1, 0.15) is 31.2 Å². The van der Waals surface area contributed by atoms with Gasteiger partial charge in [-0.3, -0.25) is 0 Å². The Bertz CT molecular complexity index is 416. The minimum atomic E-state index is -4.38. The van der Waals surface area contributed by atoms with Gasteiger partial charge in [0.15, 0.2) is 0 Å². The molecule has 0 spiro atoms. The zero-order valence-electron chi connectivity index (χ0n) is 9.63. The lowest BCUT2D eigenvalue weighted by atomic mass is 10.2. The molecule has 3 N–H and O–H groups in total. The van der Waals surface area contributed by atoms with Crippen molar-refractivity contribution in [1.82, 2.24) is 4.98 Å². The highest BCUT2D eigenvalue weighted by Crippen LogP contribution is 2.37. The van der Waals surface area contributed by atoms with E-state index in [1.165, 1.54) is 11.8 Å². The van der Waals surface area contributed by atoms with Gasteiger partial charge in [0.25, 0.3) is 0 Å². The Morgan fingerprint density at radius 2 is 1.94 bits per heavy atom. The van der Waals surface area contributed by atoms with Crippen molar-refractivity contribution >= 4 is 17.6 Å². The van der Waals surface area contributed by atoms with Crippen LogP contribution in [0, 0.1) is 0 Å². The smallest absolute Gasteiger partial charge is 0.308 e. The first kappa shape index (κ1) is 13.5. The number of hydrazine groups is 1. The molecule has 3 nitrogen and oxygen atoms in total. The van der Waals surface area contributed by atoms with E-state index < -0.39 is 11.7 Å². The van der Waals surface area contributed by atoms with Crippen LogP contribution in [-0.2, 0) is 6.18 Å². The minimum absolute atomic E-state index is 0.0466. The quantitative estimate of drug-likeness (QED) is 0.656. The molecule has 1 saturated carbocycles. The SMILES string of the molecule is NNc1cc(C(F)(F)F)cc(SC2CCCC2)n1. The fourth-order valence-corrected chi connectivity index (χ4v) is 3.24. The number of pyridine rings is 1. The molecule has 18 heavy (non-hydrogen) atoms. The van der Waals surface area contributed by atoms with Gasteiger partial charge in [-0.15, -0.1) is 11.8 Å². The Balaban J connectivity index is 2.23. The standard InChI is InChI=1S/C11H14F3N3S/c12-11(13,14)7-5-9(17-15)16-10(6-7)18-8-3-1-2-4-8/h5-6,8H,1-4,15H2,(H,16,17). The second-order valence-corrected chi connectivity index (χ2v) is 5.57. The summed E-state index contributed by atoms with van der Waals surface area (Å²) in [6.45, 7) is 0. The van der Waals surface area contributed by atoms with Gasteiger partial charge < -0.3 is 5.43 Å². The van der Waals surface area contributed by atoms with E-state index in [1.807, 2.05) is 0 Å². The first-order valence-electron chi connectivity index (χ1n) is 5.71. The Labute approximate surface area is 107 Å². The van der Waals surface area contributed by atoms with Crippen molar-refractivity contribution in [3.8, 4) is 0 Å². The summed E-state index contributed by atoms with van der Waals surface area (Å²) in [5, 5.41) is 0.747. The molecular weight excluding hydrogens is 263 g/mol. The number of nitrogens with one attached hydrogen (secondary N) is 1. The topological polar surface area (TPSA) is 50.9 Å². The van der Waals surface area contributed by atoms with Crippen LogP contribution in [-0.4, -0.2) is 10.2 Å². The molecule has 0 bridgehead atoms. The van der Waals surface area contributed by atoms with Crippen molar-refractivity contribution in [2.24, 2.45) is 5.84 Å². The van der Waals surface area contributed by atoms with Gasteiger partial charge in [0.05, 0.1) is 10.6 Å². The molecule has 0 unspecified atom stereocenters. The van der Waals surface area contributed by atoms with E-state index in [2.05, 4.69) is 10.4 Å². The van der Waals surface area contributed by atoms with E-state index in [0.29, 0.717) is 10.3 Å². The summed E-state index contributed by atoms with van der Waals surface area (Å²) >= 11 is 1.40. The third-order valence-corrected chi connectivity index (χ3v) is 4.12. The van der Waals surface area contributed by atoms with E-state index >= 15 is 0 Å². The third-order valence-electron chi connectivity index (χ3n) is 2.87. The third kappa shape index (κ3) is 3.29. The summed E-state index contributed by atoms with van der Waals surface area (Å²) in [4.78, 5) is 4.06. The van der Waals surface area contributed by atoms with Gasteiger partial charge in [-0.2, -0.15) is 13.2 Å². The second-order valence-electron chi connectivity index (χ2n) is 4.25. The van der Waals surface area contributed by atoms with E-state index in [-0.39, 0.29) is 5.82 Å². The molecule has 0 aliphatic heterocycles. The lowest BCUT2D eigenvalue weighted by molar-refractivity contribution is -0.137. The fourth-order valence-electron chi connectivity index (χ4n) is 1.98. The largest absolute Gasteiger partial charge is 0.416 e. The lowest BCUT2D eigenvalue weighted by Gasteiger charge is -2.13. The van der Waals surface area contributed by atoms with Crippen LogP contribution in [0.3, 0.4) is 0 Å². The Kier molecular flexibility index (Phi) is 4.01. The normalized spacial score (nSPS) is 17.1. The molecule has 2 rings (SSSR count). The number of aromatic nitrogens is 1. The van der Waals surface area contributed by atoms with Crippen molar-refractivity contribution in [2.45, 2.75) is 42.1 Å². The summed E-state index contributed by atoms with van der Waals surface area (Å²) in [6, 6.07) is 2.00. The zero-order valence-corrected chi connectivity index (χ0v) is 10.4. The second kappa shape index (κ2) is 5.36. The molecule has 1 aromatic rings. The fraction of sp³-hybridized carbons (Fsp3) is 0.545. The van der Waals surface area contributed by atoms with Gasteiger partial charge >= 0.3 is 6.18 Å². The molecule has 1 aliphatic carbocycles.